The van der Waals surface area contributed by atoms with Crippen LogP contribution in [0.4, 0.5) is 10.7 Å². The highest BCUT2D eigenvalue weighted by molar-refractivity contribution is 5.82. The number of aromatic nitrogens is 2. The molecule has 2 rings (SSSR count). The van der Waals surface area contributed by atoms with Crippen LogP contribution in [0.5, 0.6) is 5.75 Å². The minimum Gasteiger partial charge on any atom is -0.494 e. The first kappa shape index (κ1) is 12.9. The average Bonchev–Trinajstić information content (AvgIpc) is 2.88. The molecule has 1 aromatic carbocycles. The summed E-state index contributed by atoms with van der Waals surface area (Å²) in [6, 6.07) is 7.31. The fourth-order valence-electron chi connectivity index (χ4n) is 1.44. The number of ether oxygens (including phenoxy) is 2. The minimum atomic E-state index is -0.616. The maximum Gasteiger partial charge on any atom is 0.413 e. The average molecular weight is 264 g/mol. The Labute approximate surface area is 109 Å². The van der Waals surface area contributed by atoms with E-state index in [-0.39, 0.29) is 5.88 Å². The number of anilines is 1. The fourth-order valence-corrected chi connectivity index (χ4v) is 1.44. The number of nitrogens with one attached hydrogen (secondary N) is 1. The van der Waals surface area contributed by atoms with Crippen LogP contribution in [0, 0.1) is 0 Å². The van der Waals surface area contributed by atoms with Crippen molar-refractivity contribution in [3.05, 3.63) is 30.5 Å². The van der Waals surface area contributed by atoms with Gasteiger partial charge in [-0.2, -0.15) is 0 Å². The third-order valence-electron chi connectivity index (χ3n) is 2.29. The van der Waals surface area contributed by atoms with E-state index >= 15 is 0 Å². The van der Waals surface area contributed by atoms with E-state index in [0.29, 0.717) is 6.61 Å². The molecule has 100 valence electrons. The molecule has 7 heteroatoms. The first-order valence-corrected chi connectivity index (χ1v) is 5.69. The van der Waals surface area contributed by atoms with Crippen molar-refractivity contribution in [3.8, 4) is 11.4 Å². The van der Waals surface area contributed by atoms with Gasteiger partial charge in [0.05, 0.1) is 13.7 Å². The number of carbonyl (C=O) groups excluding carboxylic acids is 1. The molecule has 7 nitrogen and oxygen atoms in total. The van der Waals surface area contributed by atoms with Gasteiger partial charge in [0.15, 0.2) is 0 Å². The van der Waals surface area contributed by atoms with E-state index in [2.05, 4.69) is 15.3 Å². The van der Waals surface area contributed by atoms with E-state index < -0.39 is 6.09 Å². The molecule has 1 N–H and O–H groups in total. The summed E-state index contributed by atoms with van der Waals surface area (Å²) in [5.74, 6) is 0.976. The van der Waals surface area contributed by atoms with Gasteiger partial charge in [-0.15, -0.1) is 0 Å². The van der Waals surface area contributed by atoms with Crippen molar-refractivity contribution in [2.45, 2.75) is 6.92 Å². The van der Waals surface area contributed by atoms with Gasteiger partial charge in [0.2, 0.25) is 11.0 Å². The van der Waals surface area contributed by atoms with Crippen molar-refractivity contribution in [2.75, 3.05) is 19.0 Å². The quantitative estimate of drug-likeness (QED) is 0.847. The number of methoxy groups -OCH3 is 1. The van der Waals surface area contributed by atoms with Crippen LogP contribution in [-0.2, 0) is 4.74 Å². The molecule has 0 spiro atoms. The molecule has 0 aliphatic carbocycles. The van der Waals surface area contributed by atoms with Crippen molar-refractivity contribution < 1.29 is 23.5 Å². The molecule has 0 aliphatic heterocycles. The molecule has 1 amide bonds. The predicted octanol–water partition coefficient (Wildman–Crippen LogP) is 1.53. The van der Waals surface area contributed by atoms with Crippen molar-refractivity contribution >= 4 is 12.0 Å². The van der Waals surface area contributed by atoms with Crippen molar-refractivity contribution in [1.29, 1.82) is 0 Å². The largest absolute Gasteiger partial charge is 0.494 e. The van der Waals surface area contributed by atoms with Crippen LogP contribution in [0.2, 0.25) is 0 Å². The summed E-state index contributed by atoms with van der Waals surface area (Å²) in [4.78, 5) is 11.0. The summed E-state index contributed by atoms with van der Waals surface area (Å²) in [7, 11) is 1.27. The van der Waals surface area contributed by atoms with E-state index in [0.717, 1.165) is 11.4 Å². The molecule has 0 aliphatic rings. The minimum absolute atomic E-state index is 0.195. The van der Waals surface area contributed by atoms with Crippen molar-refractivity contribution in [3.63, 3.8) is 0 Å². The molecular formula is C12H14N3O4+. The number of nitrogens with zero attached hydrogens (tertiary/aromatic N) is 2. The standard InChI is InChI=1S/C12H13N3O4/c1-3-18-10-6-4-9(5-7-10)15-8-11(19-14-15)13-12(16)17-2/h4-8H,3H2,1-2H3/p+1. The molecule has 0 saturated carbocycles. The van der Waals surface area contributed by atoms with Gasteiger partial charge in [-0.3, -0.25) is 9.84 Å². The zero-order chi connectivity index (χ0) is 13.7. The highest BCUT2D eigenvalue weighted by atomic mass is 16.5. The Bertz CT molecular complexity index is 550. The third-order valence-corrected chi connectivity index (χ3v) is 2.29. The van der Waals surface area contributed by atoms with Gasteiger partial charge in [-0.05, 0) is 23.7 Å². The van der Waals surface area contributed by atoms with Gasteiger partial charge in [0, 0.05) is 12.1 Å². The number of benzene rings is 1. The van der Waals surface area contributed by atoms with Gasteiger partial charge in [-0.1, -0.05) is 0 Å². The SMILES string of the molecule is CCOc1ccc(-[n+]2cc(NC(=O)OC)on2)cc1. The van der Waals surface area contributed by atoms with E-state index in [1.54, 1.807) is 0 Å². The second-order valence-electron chi connectivity index (χ2n) is 3.55. The van der Waals surface area contributed by atoms with Gasteiger partial charge in [-0.25, -0.2) is 4.79 Å². The van der Waals surface area contributed by atoms with Crippen molar-refractivity contribution in [2.24, 2.45) is 0 Å². The number of carbonyl (C=O) groups is 1. The maximum absolute atomic E-state index is 11.0. The zero-order valence-electron chi connectivity index (χ0n) is 10.6. The molecular weight excluding hydrogens is 250 g/mol. The van der Waals surface area contributed by atoms with Gasteiger partial charge in [0.1, 0.15) is 5.75 Å². The Kier molecular flexibility index (Phi) is 3.97. The van der Waals surface area contributed by atoms with Crippen LogP contribution in [0.1, 0.15) is 6.92 Å². The van der Waals surface area contributed by atoms with Crippen LogP contribution in [-0.4, -0.2) is 25.1 Å². The Balaban J connectivity index is 2.11. The summed E-state index contributed by atoms with van der Waals surface area (Å²) >= 11 is 0. The second-order valence-corrected chi connectivity index (χ2v) is 3.55. The van der Waals surface area contributed by atoms with Gasteiger partial charge >= 0.3 is 12.0 Å². The van der Waals surface area contributed by atoms with Crippen LogP contribution in [0.15, 0.2) is 35.0 Å². The van der Waals surface area contributed by atoms with Crippen LogP contribution in [0.25, 0.3) is 5.69 Å². The molecule has 2 aromatic rings. The van der Waals surface area contributed by atoms with Crippen LogP contribution >= 0.6 is 0 Å². The molecule has 0 unspecified atom stereocenters. The summed E-state index contributed by atoms with van der Waals surface area (Å²) in [5, 5.41) is 6.16. The first-order chi connectivity index (χ1) is 9.22. The normalized spacial score (nSPS) is 10.0. The van der Waals surface area contributed by atoms with Crippen LogP contribution in [0.3, 0.4) is 0 Å². The molecule has 0 fully saturated rings. The Hall–Kier alpha value is -2.57. The van der Waals surface area contributed by atoms with Crippen LogP contribution < -0.4 is 14.7 Å². The smallest absolute Gasteiger partial charge is 0.413 e. The summed E-state index contributed by atoms with van der Waals surface area (Å²) in [6.45, 7) is 2.54. The fraction of sp³-hybridized carbons (Fsp3) is 0.250. The van der Waals surface area contributed by atoms with E-state index in [4.69, 9.17) is 9.26 Å². The highest BCUT2D eigenvalue weighted by Crippen LogP contribution is 2.12. The lowest BCUT2D eigenvalue weighted by atomic mass is 10.3. The molecule has 1 aromatic heterocycles. The Morgan fingerprint density at radius 2 is 2.16 bits per heavy atom. The lowest BCUT2D eigenvalue weighted by Crippen LogP contribution is -2.31. The summed E-state index contributed by atoms with van der Waals surface area (Å²) in [6.07, 6.45) is 0.919. The van der Waals surface area contributed by atoms with E-state index in [1.807, 2.05) is 31.2 Å². The molecule has 0 atom stereocenters. The Morgan fingerprint density at radius 1 is 1.42 bits per heavy atom. The third kappa shape index (κ3) is 3.21. The number of amides is 1. The zero-order valence-corrected chi connectivity index (χ0v) is 10.6. The molecule has 0 bridgehead atoms. The second kappa shape index (κ2) is 5.85. The van der Waals surface area contributed by atoms with Gasteiger partial charge < -0.3 is 9.47 Å². The maximum atomic E-state index is 11.0. The number of hydrogen-bond acceptors (Lipinski definition) is 5. The van der Waals surface area contributed by atoms with E-state index in [1.165, 1.54) is 18.0 Å². The van der Waals surface area contributed by atoms with Gasteiger partial charge in [0.25, 0.3) is 6.20 Å². The highest BCUT2D eigenvalue weighted by Gasteiger charge is 2.16. The summed E-state index contributed by atoms with van der Waals surface area (Å²) in [5.41, 5.74) is 0.783. The molecule has 19 heavy (non-hydrogen) atoms. The molecule has 0 radical (unpaired) electrons. The lowest BCUT2D eigenvalue weighted by Gasteiger charge is -2.00. The number of hydrogen-bond donors (Lipinski definition) is 1. The number of rotatable bonds is 4. The first-order valence-electron chi connectivity index (χ1n) is 5.69. The van der Waals surface area contributed by atoms with E-state index in [9.17, 15) is 4.79 Å². The predicted molar refractivity (Wildman–Crippen MR) is 65.2 cm³/mol. The molecule has 0 saturated heterocycles. The summed E-state index contributed by atoms with van der Waals surface area (Å²) < 4.78 is 16.2. The van der Waals surface area contributed by atoms with Crippen molar-refractivity contribution in [1.82, 2.24) is 5.27 Å². The monoisotopic (exact) mass is 264 g/mol. The molecule has 1 heterocycles. The lowest BCUT2D eigenvalue weighted by molar-refractivity contribution is -0.670. The topological polar surface area (TPSA) is 77.5 Å². The Morgan fingerprint density at radius 3 is 2.79 bits per heavy atom.